The lowest BCUT2D eigenvalue weighted by molar-refractivity contribution is 0.615. The summed E-state index contributed by atoms with van der Waals surface area (Å²) in [4.78, 5) is 3.74. The first-order valence-electron chi connectivity index (χ1n) is 2.81. The van der Waals surface area contributed by atoms with E-state index in [0.717, 1.165) is 0 Å². The molecule has 0 unspecified atom stereocenters. The number of nitriles is 1. The Kier molecular flexibility index (Phi) is 2.03. The van der Waals surface area contributed by atoms with E-state index in [2.05, 4.69) is 4.98 Å². The molecule has 0 aliphatic rings. The van der Waals surface area contributed by atoms with Gasteiger partial charge in [-0.1, -0.05) is 0 Å². The Morgan fingerprint density at radius 1 is 1.60 bits per heavy atom. The van der Waals surface area contributed by atoms with E-state index in [9.17, 15) is 0 Å². The number of nitrogens with zero attached hydrogens (tertiary/aromatic N) is 2. The van der Waals surface area contributed by atoms with Gasteiger partial charge in [-0.3, -0.25) is 4.98 Å². The zero-order valence-corrected chi connectivity index (χ0v) is 5.28. The topological polar surface area (TPSA) is 56.9 Å². The van der Waals surface area contributed by atoms with Gasteiger partial charge in [0, 0.05) is 12.4 Å². The van der Waals surface area contributed by atoms with Gasteiger partial charge in [0.2, 0.25) is 0 Å². The SMILES string of the molecule is N#Cc1cncc(BO)c1. The molecule has 0 spiro atoms. The van der Waals surface area contributed by atoms with Gasteiger partial charge in [0.05, 0.1) is 5.56 Å². The molecule has 0 amide bonds. The summed E-state index contributed by atoms with van der Waals surface area (Å²) in [6, 6.07) is 3.53. The average Bonchev–Trinajstić information content (AvgIpc) is 2.05. The lowest BCUT2D eigenvalue weighted by Gasteiger charge is -1.90. The first kappa shape index (κ1) is 6.78. The lowest BCUT2D eigenvalue weighted by Crippen LogP contribution is -2.13. The van der Waals surface area contributed by atoms with E-state index < -0.39 is 0 Å². The third kappa shape index (κ3) is 1.33. The second kappa shape index (κ2) is 2.99. The maximum Gasteiger partial charge on any atom is 0.306 e. The Labute approximate surface area is 59.2 Å². The molecule has 0 radical (unpaired) electrons. The fraction of sp³-hybridized carbons (Fsp3) is 0. The predicted octanol–water partition coefficient (Wildman–Crippen LogP) is -1.08. The first-order valence-corrected chi connectivity index (χ1v) is 2.81. The molecule has 1 aromatic rings. The zero-order valence-electron chi connectivity index (χ0n) is 5.28. The Balaban J connectivity index is 3.01. The second-order valence-corrected chi connectivity index (χ2v) is 1.85. The van der Waals surface area contributed by atoms with Crippen LogP contribution in [0.5, 0.6) is 0 Å². The molecule has 1 rings (SSSR count). The van der Waals surface area contributed by atoms with E-state index in [-0.39, 0.29) is 7.48 Å². The van der Waals surface area contributed by atoms with Gasteiger partial charge in [0.25, 0.3) is 0 Å². The van der Waals surface area contributed by atoms with Crippen molar-refractivity contribution in [2.45, 2.75) is 0 Å². The van der Waals surface area contributed by atoms with Crippen LogP contribution in [0.15, 0.2) is 18.5 Å². The standard InChI is InChI=1S/C6H5BN2O/c8-2-5-1-6(7-10)4-9-3-5/h1,3-4,7,10H. The van der Waals surface area contributed by atoms with Crippen LogP contribution in [0.3, 0.4) is 0 Å². The monoisotopic (exact) mass is 132 g/mol. The normalized spacial score (nSPS) is 8.40. The van der Waals surface area contributed by atoms with Gasteiger partial charge in [0.1, 0.15) is 6.07 Å². The molecule has 0 fully saturated rings. The molecule has 0 aliphatic heterocycles. The summed E-state index contributed by atoms with van der Waals surface area (Å²) in [6.07, 6.45) is 2.99. The average molecular weight is 132 g/mol. The van der Waals surface area contributed by atoms with Crippen molar-refractivity contribution in [3.05, 3.63) is 24.0 Å². The van der Waals surface area contributed by atoms with Crippen molar-refractivity contribution in [3.63, 3.8) is 0 Å². The van der Waals surface area contributed by atoms with Gasteiger partial charge in [-0.15, -0.1) is 0 Å². The molecule has 0 bridgehead atoms. The van der Waals surface area contributed by atoms with Crippen LogP contribution in [0.1, 0.15) is 5.56 Å². The van der Waals surface area contributed by atoms with Gasteiger partial charge in [-0.25, -0.2) is 0 Å². The van der Waals surface area contributed by atoms with Gasteiger partial charge in [0.15, 0.2) is 0 Å². The zero-order chi connectivity index (χ0) is 7.40. The third-order valence-corrected chi connectivity index (χ3v) is 1.11. The van der Waals surface area contributed by atoms with Gasteiger partial charge in [-0.05, 0) is 11.5 Å². The van der Waals surface area contributed by atoms with Gasteiger partial charge < -0.3 is 5.02 Å². The minimum atomic E-state index is -0.0669. The molecule has 1 aromatic heterocycles. The molecule has 0 atom stereocenters. The lowest BCUT2D eigenvalue weighted by atomic mass is 9.90. The van der Waals surface area contributed by atoms with Gasteiger partial charge in [-0.2, -0.15) is 5.26 Å². The Hall–Kier alpha value is -1.34. The highest BCUT2D eigenvalue weighted by Crippen LogP contribution is 1.87. The molecule has 1 heterocycles. The Bertz CT molecular complexity index is 269. The minimum Gasteiger partial charge on any atom is -0.449 e. The summed E-state index contributed by atoms with van der Waals surface area (Å²) in [5, 5.41) is 17.0. The summed E-state index contributed by atoms with van der Waals surface area (Å²) in [5.41, 5.74) is 1.14. The number of aromatic nitrogens is 1. The summed E-state index contributed by atoms with van der Waals surface area (Å²) in [7, 11) is -0.0669. The Morgan fingerprint density at radius 3 is 3.00 bits per heavy atom. The summed E-state index contributed by atoms with van der Waals surface area (Å²) < 4.78 is 0. The fourth-order valence-electron chi connectivity index (χ4n) is 0.635. The van der Waals surface area contributed by atoms with Crippen molar-refractivity contribution in [2.24, 2.45) is 0 Å². The van der Waals surface area contributed by atoms with Crippen LogP contribution in [0.2, 0.25) is 0 Å². The van der Waals surface area contributed by atoms with Crippen LogP contribution in [0.4, 0.5) is 0 Å². The summed E-state index contributed by atoms with van der Waals surface area (Å²) >= 11 is 0. The fourth-order valence-corrected chi connectivity index (χ4v) is 0.635. The highest BCUT2D eigenvalue weighted by molar-refractivity contribution is 6.45. The van der Waals surface area contributed by atoms with E-state index in [4.69, 9.17) is 10.3 Å². The van der Waals surface area contributed by atoms with Crippen LogP contribution < -0.4 is 5.46 Å². The largest absolute Gasteiger partial charge is 0.449 e. The van der Waals surface area contributed by atoms with Crippen LogP contribution in [0, 0.1) is 11.3 Å². The molecule has 3 nitrogen and oxygen atoms in total. The van der Waals surface area contributed by atoms with Crippen LogP contribution in [0.25, 0.3) is 0 Å². The smallest absolute Gasteiger partial charge is 0.306 e. The van der Waals surface area contributed by atoms with E-state index in [1.54, 1.807) is 6.07 Å². The van der Waals surface area contributed by atoms with Crippen LogP contribution in [-0.2, 0) is 0 Å². The molecule has 4 heteroatoms. The molecule has 0 saturated carbocycles. The van der Waals surface area contributed by atoms with Crippen molar-refractivity contribution in [2.75, 3.05) is 0 Å². The first-order chi connectivity index (χ1) is 4.86. The van der Waals surface area contributed by atoms with Crippen LogP contribution >= 0.6 is 0 Å². The van der Waals surface area contributed by atoms with Crippen LogP contribution in [-0.4, -0.2) is 17.5 Å². The molecule has 0 aromatic carbocycles. The van der Waals surface area contributed by atoms with Crippen molar-refractivity contribution in [3.8, 4) is 6.07 Å². The van der Waals surface area contributed by atoms with E-state index in [0.29, 0.717) is 11.0 Å². The third-order valence-electron chi connectivity index (χ3n) is 1.11. The van der Waals surface area contributed by atoms with Crippen molar-refractivity contribution >= 4 is 12.9 Å². The maximum absolute atomic E-state index is 8.61. The minimum absolute atomic E-state index is 0.0669. The number of hydrogen-bond acceptors (Lipinski definition) is 3. The highest BCUT2D eigenvalue weighted by Gasteiger charge is 1.94. The molecule has 0 saturated heterocycles. The summed E-state index contributed by atoms with van der Waals surface area (Å²) in [6.45, 7) is 0. The quantitative estimate of drug-likeness (QED) is 0.494. The van der Waals surface area contributed by atoms with Crippen molar-refractivity contribution in [1.82, 2.24) is 4.98 Å². The second-order valence-electron chi connectivity index (χ2n) is 1.85. The van der Waals surface area contributed by atoms with Crippen molar-refractivity contribution < 1.29 is 5.02 Å². The molecular formula is C6H5BN2O. The molecule has 48 valence electrons. The Morgan fingerprint density at radius 2 is 2.40 bits per heavy atom. The van der Waals surface area contributed by atoms with E-state index in [1.807, 2.05) is 6.07 Å². The number of pyridine rings is 1. The maximum atomic E-state index is 8.61. The molecular weight excluding hydrogens is 127 g/mol. The van der Waals surface area contributed by atoms with Gasteiger partial charge >= 0.3 is 7.48 Å². The number of hydrogen-bond donors (Lipinski definition) is 1. The summed E-state index contributed by atoms with van der Waals surface area (Å²) in [5.74, 6) is 0. The van der Waals surface area contributed by atoms with E-state index in [1.165, 1.54) is 12.4 Å². The van der Waals surface area contributed by atoms with Crippen molar-refractivity contribution in [1.29, 1.82) is 5.26 Å². The molecule has 0 aliphatic carbocycles. The molecule has 1 N–H and O–H groups in total. The van der Waals surface area contributed by atoms with E-state index >= 15 is 0 Å². The predicted molar refractivity (Wildman–Crippen MR) is 38.0 cm³/mol. The highest BCUT2D eigenvalue weighted by atomic mass is 16.2. The molecule has 10 heavy (non-hydrogen) atoms. The number of rotatable bonds is 1.